The second kappa shape index (κ2) is 5.60. The van der Waals surface area contributed by atoms with E-state index in [1.165, 1.54) is 0 Å². The molecule has 0 aliphatic carbocycles. The largest absolute Gasteiger partial charge is 0.497 e. The van der Waals surface area contributed by atoms with Gasteiger partial charge in [0, 0.05) is 16.5 Å². The summed E-state index contributed by atoms with van der Waals surface area (Å²) in [6.07, 6.45) is 0. The monoisotopic (exact) mass is 302 g/mol. The first-order valence-corrected chi connectivity index (χ1v) is 7.41. The summed E-state index contributed by atoms with van der Waals surface area (Å²) in [6.45, 7) is 10.5. The van der Waals surface area contributed by atoms with Crippen LogP contribution in [0.15, 0.2) is 18.2 Å². The third-order valence-corrected chi connectivity index (χ3v) is 3.96. The van der Waals surface area contributed by atoms with Crippen LogP contribution in [0.5, 0.6) is 5.75 Å². The average molecular weight is 302 g/mol. The molecule has 1 N–H and O–H groups in total. The molecule has 2 aromatic rings. The highest BCUT2D eigenvalue weighted by molar-refractivity contribution is 7.71. The molecule has 1 heterocycles. The number of hydrogen-bond acceptors (Lipinski definition) is 3. The van der Waals surface area contributed by atoms with E-state index in [4.69, 9.17) is 17.0 Å². The van der Waals surface area contributed by atoms with Crippen molar-refractivity contribution in [1.82, 2.24) is 9.97 Å². The smallest absolute Gasteiger partial charge is 0.133 e. The zero-order chi connectivity index (χ0) is 15.8. The number of methoxy groups -OCH3 is 1. The SMILES string of the molecule is COc1ccc(-c2[nH]c(C(C)(C)C)nc(=S)c2C)c(C)c1. The van der Waals surface area contributed by atoms with Gasteiger partial charge >= 0.3 is 0 Å². The molecule has 3 nitrogen and oxygen atoms in total. The fourth-order valence-electron chi connectivity index (χ4n) is 2.20. The number of H-pyrrole nitrogens is 1. The van der Waals surface area contributed by atoms with Crippen LogP contribution in [-0.2, 0) is 5.41 Å². The van der Waals surface area contributed by atoms with E-state index in [9.17, 15) is 0 Å². The van der Waals surface area contributed by atoms with Crippen molar-refractivity contribution in [2.45, 2.75) is 40.0 Å². The van der Waals surface area contributed by atoms with Gasteiger partial charge in [0.25, 0.3) is 0 Å². The summed E-state index contributed by atoms with van der Waals surface area (Å²) < 4.78 is 5.93. The van der Waals surface area contributed by atoms with E-state index >= 15 is 0 Å². The highest BCUT2D eigenvalue weighted by Crippen LogP contribution is 2.30. The molecule has 0 saturated carbocycles. The minimum absolute atomic E-state index is 0.0730. The van der Waals surface area contributed by atoms with E-state index < -0.39 is 0 Å². The minimum Gasteiger partial charge on any atom is -0.497 e. The Labute approximate surface area is 131 Å². The highest BCUT2D eigenvalue weighted by atomic mass is 32.1. The number of benzene rings is 1. The molecular weight excluding hydrogens is 280 g/mol. The molecule has 2 rings (SSSR count). The normalized spacial score (nSPS) is 11.5. The van der Waals surface area contributed by atoms with E-state index in [1.807, 2.05) is 19.1 Å². The Morgan fingerprint density at radius 1 is 1.19 bits per heavy atom. The molecule has 0 amide bonds. The minimum atomic E-state index is -0.0730. The zero-order valence-electron chi connectivity index (χ0n) is 13.5. The van der Waals surface area contributed by atoms with Crippen molar-refractivity contribution in [3.05, 3.63) is 39.8 Å². The van der Waals surface area contributed by atoms with Crippen molar-refractivity contribution < 1.29 is 4.74 Å². The molecule has 0 fully saturated rings. The second-order valence-corrected chi connectivity index (χ2v) is 6.71. The molecule has 0 spiro atoms. The van der Waals surface area contributed by atoms with Crippen LogP contribution in [0.3, 0.4) is 0 Å². The Morgan fingerprint density at radius 3 is 2.38 bits per heavy atom. The molecule has 1 aromatic carbocycles. The van der Waals surface area contributed by atoms with Gasteiger partial charge in [0.15, 0.2) is 0 Å². The maximum absolute atomic E-state index is 5.43. The number of ether oxygens (including phenoxy) is 1. The van der Waals surface area contributed by atoms with Crippen LogP contribution in [0, 0.1) is 18.5 Å². The number of aromatic amines is 1. The van der Waals surface area contributed by atoms with Crippen molar-refractivity contribution in [2.24, 2.45) is 0 Å². The number of hydrogen-bond donors (Lipinski definition) is 1. The van der Waals surface area contributed by atoms with Crippen LogP contribution < -0.4 is 4.74 Å². The lowest BCUT2D eigenvalue weighted by molar-refractivity contribution is 0.414. The van der Waals surface area contributed by atoms with Gasteiger partial charge in [-0.25, -0.2) is 4.98 Å². The number of aromatic nitrogens is 2. The van der Waals surface area contributed by atoms with Crippen molar-refractivity contribution in [3.8, 4) is 17.0 Å². The van der Waals surface area contributed by atoms with Crippen LogP contribution in [0.25, 0.3) is 11.3 Å². The van der Waals surface area contributed by atoms with Crippen LogP contribution >= 0.6 is 12.2 Å². The van der Waals surface area contributed by atoms with Gasteiger partial charge in [-0.1, -0.05) is 33.0 Å². The summed E-state index contributed by atoms with van der Waals surface area (Å²) in [5.74, 6) is 1.76. The highest BCUT2D eigenvalue weighted by Gasteiger charge is 2.19. The van der Waals surface area contributed by atoms with Crippen molar-refractivity contribution in [1.29, 1.82) is 0 Å². The van der Waals surface area contributed by atoms with E-state index in [1.54, 1.807) is 7.11 Å². The van der Waals surface area contributed by atoms with Gasteiger partial charge < -0.3 is 9.72 Å². The third kappa shape index (κ3) is 3.16. The van der Waals surface area contributed by atoms with E-state index in [0.717, 1.165) is 34.0 Å². The lowest BCUT2D eigenvalue weighted by atomic mass is 9.94. The van der Waals surface area contributed by atoms with E-state index in [0.29, 0.717) is 4.64 Å². The van der Waals surface area contributed by atoms with Gasteiger partial charge in [-0.05, 0) is 37.6 Å². The first kappa shape index (κ1) is 15.7. The molecule has 0 atom stereocenters. The standard InChI is InChI=1S/C17H22N2OS/c1-10-9-12(20-6)7-8-13(10)14-11(2)15(21)19-16(18-14)17(3,4)5/h7-9H,1-6H3,(H,18,19,21). The Kier molecular flexibility index (Phi) is 4.19. The maximum atomic E-state index is 5.43. The Morgan fingerprint density at radius 2 is 1.86 bits per heavy atom. The van der Waals surface area contributed by atoms with Gasteiger partial charge in [0.1, 0.15) is 16.2 Å². The van der Waals surface area contributed by atoms with Crippen molar-refractivity contribution >= 4 is 12.2 Å². The summed E-state index contributed by atoms with van der Waals surface area (Å²) in [4.78, 5) is 8.00. The predicted octanol–water partition coefficient (Wildman–Crippen LogP) is 4.73. The van der Waals surface area contributed by atoms with Crippen LogP contribution in [-0.4, -0.2) is 17.1 Å². The van der Waals surface area contributed by atoms with E-state index in [-0.39, 0.29) is 5.41 Å². The van der Waals surface area contributed by atoms with Gasteiger partial charge in [0.05, 0.1) is 12.8 Å². The lowest BCUT2D eigenvalue weighted by Crippen LogP contribution is -2.17. The molecular formula is C17H22N2OS. The summed E-state index contributed by atoms with van der Waals surface area (Å²) in [5.41, 5.74) is 4.25. The van der Waals surface area contributed by atoms with Crippen molar-refractivity contribution in [3.63, 3.8) is 0 Å². The quantitative estimate of drug-likeness (QED) is 0.815. The Bertz CT molecular complexity index is 727. The summed E-state index contributed by atoms with van der Waals surface area (Å²) in [5, 5.41) is 0. The number of rotatable bonds is 2. The van der Waals surface area contributed by atoms with Gasteiger partial charge in [-0.3, -0.25) is 0 Å². The van der Waals surface area contributed by atoms with Crippen molar-refractivity contribution in [2.75, 3.05) is 7.11 Å². The zero-order valence-corrected chi connectivity index (χ0v) is 14.3. The Balaban J connectivity index is 2.69. The fourth-order valence-corrected chi connectivity index (χ4v) is 2.39. The summed E-state index contributed by atoms with van der Waals surface area (Å²) >= 11 is 5.43. The average Bonchev–Trinajstić information content (AvgIpc) is 2.40. The van der Waals surface area contributed by atoms with Crippen LogP contribution in [0.4, 0.5) is 0 Å². The Hall–Kier alpha value is -1.68. The molecule has 4 heteroatoms. The summed E-state index contributed by atoms with van der Waals surface area (Å²) in [7, 11) is 1.68. The van der Waals surface area contributed by atoms with Gasteiger partial charge in [-0.15, -0.1) is 0 Å². The van der Waals surface area contributed by atoms with Gasteiger partial charge in [-0.2, -0.15) is 0 Å². The topological polar surface area (TPSA) is 37.9 Å². The third-order valence-electron chi connectivity index (χ3n) is 3.57. The lowest BCUT2D eigenvalue weighted by Gasteiger charge is -2.20. The van der Waals surface area contributed by atoms with Gasteiger partial charge in [0.2, 0.25) is 0 Å². The number of nitrogens with one attached hydrogen (secondary N) is 1. The molecule has 0 aliphatic heterocycles. The molecule has 0 saturated heterocycles. The molecule has 112 valence electrons. The first-order valence-electron chi connectivity index (χ1n) is 7.00. The predicted molar refractivity (Wildman–Crippen MR) is 89.6 cm³/mol. The summed E-state index contributed by atoms with van der Waals surface area (Å²) in [6, 6.07) is 6.06. The molecule has 0 aliphatic rings. The molecule has 0 unspecified atom stereocenters. The molecule has 0 bridgehead atoms. The fraction of sp³-hybridized carbons (Fsp3) is 0.412. The second-order valence-electron chi connectivity index (χ2n) is 6.32. The molecule has 0 radical (unpaired) electrons. The van der Waals surface area contributed by atoms with E-state index in [2.05, 4.69) is 43.7 Å². The van der Waals surface area contributed by atoms with Crippen LogP contribution in [0.2, 0.25) is 0 Å². The number of nitrogens with zero attached hydrogens (tertiary/aromatic N) is 1. The van der Waals surface area contributed by atoms with Crippen LogP contribution in [0.1, 0.15) is 37.7 Å². The first-order chi connectivity index (χ1) is 9.74. The molecule has 1 aromatic heterocycles. The number of aryl methyl sites for hydroxylation is 1. The maximum Gasteiger partial charge on any atom is 0.133 e. The molecule has 21 heavy (non-hydrogen) atoms.